The van der Waals surface area contributed by atoms with Crippen LogP contribution in [0, 0.1) is 11.3 Å². The van der Waals surface area contributed by atoms with Crippen LogP contribution in [0.3, 0.4) is 0 Å². The lowest BCUT2D eigenvalue weighted by molar-refractivity contribution is -0.116. The van der Waals surface area contributed by atoms with Crippen molar-refractivity contribution < 1.29 is 9.21 Å². The van der Waals surface area contributed by atoms with Gasteiger partial charge in [0.2, 0.25) is 5.13 Å². The third-order valence-corrected chi connectivity index (χ3v) is 7.01. The molecule has 144 valence electrons. The van der Waals surface area contributed by atoms with Gasteiger partial charge in [0.05, 0.1) is 23.8 Å². The Bertz CT molecular complexity index is 1000. The zero-order valence-electron chi connectivity index (χ0n) is 15.3. The highest BCUT2D eigenvalue weighted by atomic mass is 32.2. The van der Waals surface area contributed by atoms with E-state index in [1.165, 1.54) is 11.3 Å². The van der Waals surface area contributed by atoms with Gasteiger partial charge in [-0.05, 0) is 31.4 Å². The number of nitriles is 1. The molecule has 0 radical (unpaired) electrons. The number of hydrogen-bond donors (Lipinski definition) is 1. The van der Waals surface area contributed by atoms with E-state index >= 15 is 0 Å². The second-order valence-corrected chi connectivity index (χ2v) is 8.83. The molecule has 0 aromatic carbocycles. The molecule has 28 heavy (non-hydrogen) atoms. The molecule has 1 aliphatic carbocycles. The van der Waals surface area contributed by atoms with Crippen LogP contribution in [0.5, 0.6) is 0 Å². The summed E-state index contributed by atoms with van der Waals surface area (Å²) in [4.78, 5) is 14.6. The first-order valence-electron chi connectivity index (χ1n) is 9.11. The third kappa shape index (κ3) is 3.12. The predicted molar refractivity (Wildman–Crippen MR) is 108 cm³/mol. The molecular weight excluding hydrogens is 394 g/mol. The average molecular weight is 414 g/mol. The smallest absolute Gasteiger partial charge is 0.219 e. The Morgan fingerprint density at radius 2 is 2.32 bits per heavy atom. The van der Waals surface area contributed by atoms with Crippen molar-refractivity contribution in [1.82, 2.24) is 10.2 Å². The zero-order chi connectivity index (χ0) is 19.7. The fraction of sp³-hybridized carbons (Fsp3) is 0.368. The molecule has 2 aromatic rings. The first kappa shape index (κ1) is 18.8. The van der Waals surface area contributed by atoms with Gasteiger partial charge in [0.15, 0.2) is 10.1 Å². The van der Waals surface area contributed by atoms with Gasteiger partial charge in [-0.3, -0.25) is 9.69 Å². The minimum atomic E-state index is -0.569. The van der Waals surface area contributed by atoms with E-state index in [-0.39, 0.29) is 5.78 Å². The van der Waals surface area contributed by atoms with E-state index < -0.39 is 5.92 Å². The van der Waals surface area contributed by atoms with Gasteiger partial charge < -0.3 is 10.2 Å². The van der Waals surface area contributed by atoms with Gasteiger partial charge in [0, 0.05) is 23.4 Å². The van der Waals surface area contributed by atoms with Crippen LogP contribution in [0.1, 0.15) is 44.3 Å². The molecule has 0 bridgehead atoms. The number of furan rings is 1. The molecule has 2 N–H and O–H groups in total. The van der Waals surface area contributed by atoms with Gasteiger partial charge in [0.1, 0.15) is 11.6 Å². The lowest BCUT2D eigenvalue weighted by atomic mass is 9.78. The predicted octanol–water partition coefficient (Wildman–Crippen LogP) is 3.94. The van der Waals surface area contributed by atoms with Gasteiger partial charge in [-0.15, -0.1) is 10.2 Å². The van der Waals surface area contributed by atoms with E-state index in [0.717, 1.165) is 28.6 Å². The highest BCUT2D eigenvalue weighted by Crippen LogP contribution is 2.47. The summed E-state index contributed by atoms with van der Waals surface area (Å²) < 4.78 is 6.41. The molecule has 9 heteroatoms. The SMILES string of the molecule is CCCSc1nnc(N2C(N)=C(C#N)C(c3ccco3)C3=C2CCCC3=O)s1. The van der Waals surface area contributed by atoms with Gasteiger partial charge in [-0.25, -0.2) is 0 Å². The maximum Gasteiger partial charge on any atom is 0.219 e. The van der Waals surface area contributed by atoms with Crippen LogP contribution in [0.15, 0.2) is 49.8 Å². The van der Waals surface area contributed by atoms with E-state index in [1.54, 1.807) is 35.1 Å². The largest absolute Gasteiger partial charge is 0.468 e. The van der Waals surface area contributed by atoms with E-state index in [2.05, 4.69) is 23.2 Å². The number of allylic oxidation sites excluding steroid dienone is 3. The lowest BCUT2D eigenvalue weighted by Gasteiger charge is -2.37. The number of nitrogens with two attached hydrogens (primary N) is 1. The Morgan fingerprint density at radius 1 is 1.46 bits per heavy atom. The van der Waals surface area contributed by atoms with Crippen LogP contribution in [0.4, 0.5) is 5.13 Å². The van der Waals surface area contributed by atoms with Crippen molar-refractivity contribution in [2.45, 2.75) is 42.9 Å². The Labute approximate surface area is 170 Å². The first-order valence-corrected chi connectivity index (χ1v) is 10.9. The summed E-state index contributed by atoms with van der Waals surface area (Å²) in [6.07, 6.45) is 4.47. The Kier molecular flexibility index (Phi) is 5.24. The van der Waals surface area contributed by atoms with Crippen molar-refractivity contribution in [2.75, 3.05) is 10.7 Å². The number of nitrogens with zero attached hydrogens (tertiary/aromatic N) is 4. The number of thioether (sulfide) groups is 1. The second-order valence-electron chi connectivity index (χ2n) is 6.53. The van der Waals surface area contributed by atoms with Crippen LogP contribution < -0.4 is 10.6 Å². The van der Waals surface area contributed by atoms with Crippen molar-refractivity contribution in [3.8, 4) is 6.07 Å². The topological polar surface area (TPSA) is 109 Å². The van der Waals surface area contributed by atoms with Crippen LogP contribution in [-0.4, -0.2) is 21.7 Å². The zero-order valence-corrected chi connectivity index (χ0v) is 17.0. The average Bonchev–Trinajstić information content (AvgIpc) is 3.38. The summed E-state index contributed by atoms with van der Waals surface area (Å²) in [6.45, 7) is 2.11. The highest BCUT2D eigenvalue weighted by molar-refractivity contribution is 8.01. The summed E-state index contributed by atoms with van der Waals surface area (Å²) in [5, 5.41) is 19.0. The van der Waals surface area contributed by atoms with Crippen LogP contribution >= 0.6 is 23.1 Å². The van der Waals surface area contributed by atoms with Crippen LogP contribution in [0.25, 0.3) is 0 Å². The minimum absolute atomic E-state index is 0.0259. The molecule has 0 saturated heterocycles. The van der Waals surface area contributed by atoms with E-state index in [0.29, 0.717) is 40.7 Å². The van der Waals surface area contributed by atoms with Crippen molar-refractivity contribution in [3.63, 3.8) is 0 Å². The fourth-order valence-corrected chi connectivity index (χ4v) is 5.39. The summed E-state index contributed by atoms with van der Waals surface area (Å²) in [5.74, 6) is 1.26. The Balaban J connectivity index is 1.85. The molecule has 1 aliphatic heterocycles. The molecule has 2 aliphatic rings. The molecule has 7 nitrogen and oxygen atoms in total. The molecular formula is C19H19N5O2S2. The second kappa shape index (κ2) is 7.81. The summed E-state index contributed by atoms with van der Waals surface area (Å²) in [5.41, 5.74) is 8.15. The van der Waals surface area contributed by atoms with Gasteiger partial charge in [-0.1, -0.05) is 30.0 Å². The molecule has 1 unspecified atom stereocenters. The van der Waals surface area contributed by atoms with Crippen molar-refractivity contribution in [2.24, 2.45) is 5.73 Å². The van der Waals surface area contributed by atoms with Crippen LogP contribution in [-0.2, 0) is 4.79 Å². The standard InChI is InChI=1S/C19H19N5O2S2/c1-2-9-27-19-23-22-18(28-19)24-12-5-3-6-13(25)16(12)15(11(10-20)17(24)21)14-7-4-8-26-14/h4,7-8,15H,2-3,5-6,9,21H2,1H3. The molecule has 4 rings (SSSR count). The molecule has 0 saturated carbocycles. The van der Waals surface area contributed by atoms with Crippen LogP contribution in [0.2, 0.25) is 0 Å². The summed E-state index contributed by atoms with van der Waals surface area (Å²) in [7, 11) is 0. The molecule has 3 heterocycles. The van der Waals surface area contributed by atoms with Crippen molar-refractivity contribution >= 4 is 34.0 Å². The van der Waals surface area contributed by atoms with Gasteiger partial charge in [0.25, 0.3) is 0 Å². The fourth-order valence-electron chi connectivity index (χ4n) is 3.59. The number of anilines is 1. The number of rotatable bonds is 5. The lowest BCUT2D eigenvalue weighted by Crippen LogP contribution is -2.38. The third-order valence-electron chi connectivity index (χ3n) is 4.76. The normalized spacial score (nSPS) is 19.8. The number of aromatic nitrogens is 2. The van der Waals surface area contributed by atoms with E-state index in [4.69, 9.17) is 10.2 Å². The number of carbonyl (C=O) groups excluding carboxylic acids is 1. The monoisotopic (exact) mass is 413 g/mol. The van der Waals surface area contributed by atoms with Gasteiger partial charge >= 0.3 is 0 Å². The number of carbonyl (C=O) groups is 1. The maximum atomic E-state index is 12.9. The minimum Gasteiger partial charge on any atom is -0.468 e. The molecule has 2 aromatic heterocycles. The summed E-state index contributed by atoms with van der Waals surface area (Å²) >= 11 is 3.07. The molecule has 0 amide bonds. The number of ketones is 1. The quantitative estimate of drug-likeness (QED) is 0.734. The highest BCUT2D eigenvalue weighted by Gasteiger charge is 2.42. The molecule has 1 atom stereocenters. The maximum absolute atomic E-state index is 12.9. The Hall–Kier alpha value is -2.57. The molecule has 0 fully saturated rings. The first-order chi connectivity index (χ1) is 13.7. The number of Topliss-reactive ketones (excluding diaryl/α,β-unsaturated/α-hetero) is 1. The van der Waals surface area contributed by atoms with Crippen molar-refractivity contribution in [1.29, 1.82) is 5.26 Å². The van der Waals surface area contributed by atoms with Gasteiger partial charge in [-0.2, -0.15) is 5.26 Å². The van der Waals surface area contributed by atoms with E-state index in [9.17, 15) is 10.1 Å². The summed E-state index contributed by atoms with van der Waals surface area (Å²) in [6, 6.07) is 5.74. The Morgan fingerprint density at radius 3 is 3.04 bits per heavy atom. The van der Waals surface area contributed by atoms with E-state index in [1.807, 2.05) is 0 Å². The number of hydrogen-bond acceptors (Lipinski definition) is 9. The molecule has 0 spiro atoms. The van der Waals surface area contributed by atoms with Crippen molar-refractivity contribution in [3.05, 3.63) is 46.8 Å².